The van der Waals surface area contributed by atoms with E-state index in [1.54, 1.807) is 12.7 Å². The van der Waals surface area contributed by atoms with Crippen LogP contribution < -0.4 is 0 Å². The van der Waals surface area contributed by atoms with Crippen LogP contribution in [-0.2, 0) is 6.54 Å². The molecule has 0 amide bonds. The maximum absolute atomic E-state index is 4.03. The van der Waals surface area contributed by atoms with E-state index in [2.05, 4.69) is 23.9 Å². The molecule has 1 heterocycles. The molecule has 0 bridgehead atoms. The Kier molecular flexibility index (Phi) is 3.08. The molecule has 61 valence electrons. The molecule has 0 saturated carbocycles. The molecule has 3 nitrogen and oxygen atoms in total. The Morgan fingerprint density at radius 1 is 1.64 bits per heavy atom. The smallest absolute Gasteiger partial charge is 0.137 e. The Morgan fingerprint density at radius 3 is 2.91 bits per heavy atom. The molecule has 1 unspecified atom stereocenters. The predicted octanol–water partition coefficient (Wildman–Crippen LogP) is 1.53. The lowest BCUT2D eigenvalue weighted by Gasteiger charge is -2.10. The second-order valence-electron chi connectivity index (χ2n) is 2.68. The van der Waals surface area contributed by atoms with Gasteiger partial charge in [0.1, 0.15) is 12.7 Å². The molecule has 1 aromatic heterocycles. The standard InChI is InChI=1S/C8H14N3/c1-3-8(4-2)5-11-7-9-6-10-11/h6-8H,1,3-5H2,2H3. The highest BCUT2D eigenvalue weighted by molar-refractivity contribution is 4.62. The first-order chi connectivity index (χ1) is 5.36. The maximum atomic E-state index is 4.03. The highest BCUT2D eigenvalue weighted by Gasteiger charge is 2.03. The summed E-state index contributed by atoms with van der Waals surface area (Å²) in [5, 5.41) is 4.03. The van der Waals surface area contributed by atoms with Crippen LogP contribution in [0.2, 0.25) is 0 Å². The van der Waals surface area contributed by atoms with Crippen molar-refractivity contribution in [3.05, 3.63) is 19.6 Å². The summed E-state index contributed by atoms with van der Waals surface area (Å²) in [5.41, 5.74) is 0. The van der Waals surface area contributed by atoms with Crippen LogP contribution in [0.25, 0.3) is 0 Å². The van der Waals surface area contributed by atoms with E-state index in [0.29, 0.717) is 5.92 Å². The van der Waals surface area contributed by atoms with Gasteiger partial charge in [-0.2, -0.15) is 5.10 Å². The average molecular weight is 152 g/mol. The first-order valence-corrected chi connectivity index (χ1v) is 3.98. The van der Waals surface area contributed by atoms with E-state index >= 15 is 0 Å². The molecule has 0 N–H and O–H groups in total. The van der Waals surface area contributed by atoms with Gasteiger partial charge in [0, 0.05) is 6.54 Å². The Labute approximate surface area is 67.4 Å². The average Bonchev–Trinajstić information content (AvgIpc) is 2.52. The Morgan fingerprint density at radius 2 is 2.45 bits per heavy atom. The van der Waals surface area contributed by atoms with Crippen LogP contribution in [0.15, 0.2) is 12.7 Å². The van der Waals surface area contributed by atoms with E-state index in [4.69, 9.17) is 0 Å². The summed E-state index contributed by atoms with van der Waals surface area (Å²) in [4.78, 5) is 3.88. The highest BCUT2D eigenvalue weighted by atomic mass is 15.3. The third kappa shape index (κ3) is 2.33. The molecule has 11 heavy (non-hydrogen) atoms. The van der Waals surface area contributed by atoms with Crippen LogP contribution >= 0.6 is 0 Å². The minimum atomic E-state index is 0.636. The summed E-state index contributed by atoms with van der Waals surface area (Å²) in [6.07, 6.45) is 5.44. The molecule has 1 atom stereocenters. The van der Waals surface area contributed by atoms with Crippen molar-refractivity contribution in [1.82, 2.24) is 14.8 Å². The van der Waals surface area contributed by atoms with Crippen LogP contribution in [0.5, 0.6) is 0 Å². The number of aromatic nitrogens is 3. The number of nitrogens with zero attached hydrogens (tertiary/aromatic N) is 3. The van der Waals surface area contributed by atoms with E-state index in [-0.39, 0.29) is 0 Å². The van der Waals surface area contributed by atoms with Gasteiger partial charge in [-0.3, -0.25) is 4.68 Å². The molecular weight excluding hydrogens is 138 g/mol. The zero-order valence-corrected chi connectivity index (χ0v) is 6.90. The van der Waals surface area contributed by atoms with Gasteiger partial charge in [-0.25, -0.2) is 4.98 Å². The molecular formula is C8H14N3. The molecule has 3 heteroatoms. The zero-order chi connectivity index (χ0) is 8.10. The third-order valence-corrected chi connectivity index (χ3v) is 1.90. The molecule has 1 radical (unpaired) electrons. The first-order valence-electron chi connectivity index (χ1n) is 3.98. The van der Waals surface area contributed by atoms with Gasteiger partial charge in [0.05, 0.1) is 0 Å². The van der Waals surface area contributed by atoms with Crippen molar-refractivity contribution < 1.29 is 0 Å². The van der Waals surface area contributed by atoms with E-state index < -0.39 is 0 Å². The summed E-state index contributed by atoms with van der Waals surface area (Å²) in [6, 6.07) is 0. The van der Waals surface area contributed by atoms with E-state index in [0.717, 1.165) is 19.4 Å². The van der Waals surface area contributed by atoms with Crippen molar-refractivity contribution in [1.29, 1.82) is 0 Å². The molecule has 0 fully saturated rings. The van der Waals surface area contributed by atoms with Gasteiger partial charge in [-0.1, -0.05) is 20.3 Å². The van der Waals surface area contributed by atoms with Gasteiger partial charge < -0.3 is 0 Å². The molecule has 0 spiro atoms. The summed E-state index contributed by atoms with van der Waals surface area (Å²) in [6.45, 7) is 6.99. The fourth-order valence-electron chi connectivity index (χ4n) is 1.02. The maximum Gasteiger partial charge on any atom is 0.137 e. The minimum absolute atomic E-state index is 0.636. The van der Waals surface area contributed by atoms with Gasteiger partial charge in [0.25, 0.3) is 0 Å². The molecule has 1 aromatic rings. The Bertz CT molecular complexity index is 177. The van der Waals surface area contributed by atoms with E-state index in [1.165, 1.54) is 0 Å². The van der Waals surface area contributed by atoms with Crippen LogP contribution in [0.3, 0.4) is 0 Å². The van der Waals surface area contributed by atoms with Gasteiger partial charge in [0.2, 0.25) is 0 Å². The monoisotopic (exact) mass is 152 g/mol. The van der Waals surface area contributed by atoms with Crippen molar-refractivity contribution in [2.45, 2.75) is 26.3 Å². The number of hydrogen-bond acceptors (Lipinski definition) is 2. The lowest BCUT2D eigenvalue weighted by Crippen LogP contribution is -2.09. The summed E-state index contributed by atoms with van der Waals surface area (Å²) < 4.78 is 1.86. The Hall–Kier alpha value is -0.860. The molecule has 0 aromatic carbocycles. The van der Waals surface area contributed by atoms with Crippen molar-refractivity contribution in [3.8, 4) is 0 Å². The zero-order valence-electron chi connectivity index (χ0n) is 6.90. The summed E-state index contributed by atoms with van der Waals surface area (Å²) in [5.74, 6) is 0.636. The molecule has 0 aliphatic rings. The lowest BCUT2D eigenvalue weighted by molar-refractivity contribution is 0.408. The largest absolute Gasteiger partial charge is 0.253 e. The van der Waals surface area contributed by atoms with Gasteiger partial charge in [0.15, 0.2) is 0 Å². The highest BCUT2D eigenvalue weighted by Crippen LogP contribution is 2.08. The van der Waals surface area contributed by atoms with E-state index in [1.807, 2.05) is 4.68 Å². The fraction of sp³-hybridized carbons (Fsp3) is 0.625. The van der Waals surface area contributed by atoms with Gasteiger partial charge >= 0.3 is 0 Å². The number of hydrogen-bond donors (Lipinski definition) is 0. The summed E-state index contributed by atoms with van der Waals surface area (Å²) in [7, 11) is 0. The van der Waals surface area contributed by atoms with Gasteiger partial charge in [-0.15, -0.1) is 0 Å². The second-order valence-corrected chi connectivity index (χ2v) is 2.68. The molecule has 0 saturated heterocycles. The SMILES string of the molecule is [CH2]CC(CC)Cn1cncn1. The van der Waals surface area contributed by atoms with Crippen molar-refractivity contribution in [2.75, 3.05) is 0 Å². The van der Waals surface area contributed by atoms with Crippen LogP contribution in [0.4, 0.5) is 0 Å². The molecule has 1 rings (SSSR count). The van der Waals surface area contributed by atoms with Crippen molar-refractivity contribution >= 4 is 0 Å². The van der Waals surface area contributed by atoms with Crippen LogP contribution in [0.1, 0.15) is 19.8 Å². The molecule has 0 aliphatic carbocycles. The minimum Gasteiger partial charge on any atom is -0.253 e. The topological polar surface area (TPSA) is 30.7 Å². The van der Waals surface area contributed by atoms with Crippen LogP contribution in [0, 0.1) is 12.8 Å². The second kappa shape index (κ2) is 4.11. The third-order valence-electron chi connectivity index (χ3n) is 1.90. The predicted molar refractivity (Wildman–Crippen MR) is 43.8 cm³/mol. The normalized spacial score (nSPS) is 10.8. The summed E-state index contributed by atoms with van der Waals surface area (Å²) >= 11 is 0. The lowest BCUT2D eigenvalue weighted by atomic mass is 10.0. The van der Waals surface area contributed by atoms with Crippen LogP contribution in [-0.4, -0.2) is 14.8 Å². The molecule has 0 aliphatic heterocycles. The first kappa shape index (κ1) is 8.24. The van der Waals surface area contributed by atoms with E-state index in [9.17, 15) is 0 Å². The van der Waals surface area contributed by atoms with Gasteiger partial charge in [-0.05, 0) is 12.3 Å². The van der Waals surface area contributed by atoms with Crippen molar-refractivity contribution in [2.24, 2.45) is 5.92 Å². The van der Waals surface area contributed by atoms with Crippen molar-refractivity contribution in [3.63, 3.8) is 0 Å². The fourth-order valence-corrected chi connectivity index (χ4v) is 1.02. The quantitative estimate of drug-likeness (QED) is 0.655. The number of rotatable bonds is 4. The Balaban J connectivity index is 2.41.